The highest BCUT2D eigenvalue weighted by Crippen LogP contribution is 2.30. The second kappa shape index (κ2) is 8.60. The summed E-state index contributed by atoms with van der Waals surface area (Å²) in [4.78, 5) is 14.2. The van der Waals surface area contributed by atoms with Crippen LogP contribution in [0, 0.1) is 5.82 Å². The maximum atomic E-state index is 13.1. The predicted molar refractivity (Wildman–Crippen MR) is 108 cm³/mol. The van der Waals surface area contributed by atoms with E-state index in [9.17, 15) is 9.18 Å². The van der Waals surface area contributed by atoms with E-state index in [0.29, 0.717) is 11.7 Å². The summed E-state index contributed by atoms with van der Waals surface area (Å²) in [5.41, 5.74) is 1.77. The maximum absolute atomic E-state index is 13.1. The average Bonchev–Trinajstić information content (AvgIpc) is 2.94. The molecule has 0 aromatic heterocycles. The molecule has 0 bridgehead atoms. The van der Waals surface area contributed by atoms with Crippen molar-refractivity contribution >= 4 is 45.0 Å². The summed E-state index contributed by atoms with van der Waals surface area (Å²) in [5, 5.41) is 8.80. The fourth-order valence-corrected chi connectivity index (χ4v) is 3.75. The fourth-order valence-electron chi connectivity index (χ4n) is 2.46. The molecule has 26 heavy (non-hydrogen) atoms. The molecule has 1 amide bonds. The third-order valence-electron chi connectivity index (χ3n) is 3.86. The zero-order chi connectivity index (χ0) is 18.5. The highest BCUT2D eigenvalue weighted by molar-refractivity contribution is 9.10. The second-order valence-electron chi connectivity index (χ2n) is 5.74. The van der Waals surface area contributed by atoms with E-state index < -0.39 is 0 Å². The predicted octanol–water partition coefficient (Wildman–Crippen LogP) is 4.83. The summed E-state index contributed by atoms with van der Waals surface area (Å²) >= 11 is 4.81. The van der Waals surface area contributed by atoms with E-state index in [1.54, 1.807) is 23.2 Å². The minimum Gasteiger partial charge on any atom is -0.284 e. The van der Waals surface area contributed by atoms with Crippen LogP contribution in [-0.4, -0.2) is 27.4 Å². The monoisotopic (exact) mass is 433 g/mol. The van der Waals surface area contributed by atoms with Crippen LogP contribution in [0.2, 0.25) is 0 Å². The van der Waals surface area contributed by atoms with Crippen LogP contribution >= 0.6 is 27.7 Å². The minimum absolute atomic E-state index is 0.0133. The van der Waals surface area contributed by atoms with Crippen molar-refractivity contribution in [1.82, 2.24) is 4.90 Å². The molecule has 1 fully saturated rings. The summed E-state index contributed by atoms with van der Waals surface area (Å²) < 4.78 is 14.1. The van der Waals surface area contributed by atoms with Gasteiger partial charge in [0.05, 0.1) is 18.0 Å². The third kappa shape index (κ3) is 4.59. The smallest absolute Gasteiger partial charge is 0.242 e. The Hall–Kier alpha value is -1.99. The van der Waals surface area contributed by atoms with Crippen molar-refractivity contribution in [3.05, 3.63) is 69.9 Å². The van der Waals surface area contributed by atoms with Crippen molar-refractivity contribution in [3.63, 3.8) is 0 Å². The van der Waals surface area contributed by atoms with Gasteiger partial charge in [0.25, 0.3) is 0 Å². The Balaban J connectivity index is 1.78. The van der Waals surface area contributed by atoms with E-state index in [1.807, 2.05) is 31.2 Å². The van der Waals surface area contributed by atoms with Crippen LogP contribution in [0.1, 0.15) is 24.5 Å². The summed E-state index contributed by atoms with van der Waals surface area (Å²) in [6.07, 6.45) is 2.37. The van der Waals surface area contributed by atoms with Crippen LogP contribution in [-0.2, 0) is 11.3 Å². The molecule has 1 atom stereocenters. The van der Waals surface area contributed by atoms with E-state index in [0.717, 1.165) is 22.0 Å². The lowest BCUT2D eigenvalue weighted by molar-refractivity contribution is -0.126. The number of benzene rings is 2. The fraction of sp³-hybridized carbons (Fsp3) is 0.211. The molecule has 0 spiro atoms. The summed E-state index contributed by atoms with van der Waals surface area (Å²) in [6.45, 7) is 2.33. The number of amidine groups is 1. The van der Waals surface area contributed by atoms with Gasteiger partial charge < -0.3 is 0 Å². The second-order valence-corrected chi connectivity index (χ2v) is 7.83. The van der Waals surface area contributed by atoms with Crippen molar-refractivity contribution in [1.29, 1.82) is 0 Å². The molecular weight excluding hydrogens is 417 g/mol. The van der Waals surface area contributed by atoms with E-state index in [-0.39, 0.29) is 17.0 Å². The highest BCUT2D eigenvalue weighted by atomic mass is 79.9. The molecule has 4 nitrogen and oxygen atoms in total. The number of carbonyl (C=O) groups is 1. The number of rotatable bonds is 5. The molecule has 7 heteroatoms. The Kier molecular flexibility index (Phi) is 6.21. The first kappa shape index (κ1) is 18.8. The standard InChI is InChI=1S/C19H17BrFN3OS/c1-2-17-18(25)24(12-14-5-9-16(21)10-6-14)19(26-17)23-22-11-13-3-7-15(20)8-4-13/h3-11,17H,2,12H2,1H3/b22-11+,23-19+. The largest absolute Gasteiger partial charge is 0.284 e. The van der Waals surface area contributed by atoms with Gasteiger partial charge in [0, 0.05) is 4.47 Å². The molecule has 2 aromatic rings. The number of hydrogen-bond acceptors (Lipinski definition) is 4. The van der Waals surface area contributed by atoms with E-state index in [4.69, 9.17) is 0 Å². The van der Waals surface area contributed by atoms with Gasteiger partial charge in [0.1, 0.15) is 5.82 Å². The van der Waals surface area contributed by atoms with Gasteiger partial charge in [-0.15, -0.1) is 5.10 Å². The lowest BCUT2D eigenvalue weighted by Gasteiger charge is -2.15. The van der Waals surface area contributed by atoms with Crippen molar-refractivity contribution < 1.29 is 9.18 Å². The van der Waals surface area contributed by atoms with Gasteiger partial charge >= 0.3 is 0 Å². The summed E-state index contributed by atoms with van der Waals surface area (Å²) in [5.74, 6) is -0.283. The van der Waals surface area contributed by atoms with Crippen LogP contribution in [0.3, 0.4) is 0 Å². The van der Waals surface area contributed by atoms with Gasteiger partial charge in [0.2, 0.25) is 5.91 Å². The van der Waals surface area contributed by atoms with Crippen LogP contribution < -0.4 is 0 Å². The van der Waals surface area contributed by atoms with Gasteiger partial charge in [-0.3, -0.25) is 9.69 Å². The number of nitrogens with zero attached hydrogens (tertiary/aromatic N) is 3. The van der Waals surface area contributed by atoms with Gasteiger partial charge in [0.15, 0.2) is 5.17 Å². The lowest BCUT2D eigenvalue weighted by atomic mass is 10.2. The molecule has 1 aliphatic heterocycles. The number of carbonyl (C=O) groups excluding carboxylic acids is 1. The van der Waals surface area contributed by atoms with Gasteiger partial charge in [-0.2, -0.15) is 5.10 Å². The molecule has 134 valence electrons. The average molecular weight is 434 g/mol. The molecule has 3 rings (SSSR count). The molecule has 0 N–H and O–H groups in total. The molecule has 2 aromatic carbocycles. The van der Waals surface area contributed by atoms with Crippen molar-refractivity contribution in [2.75, 3.05) is 0 Å². The molecule has 1 heterocycles. The maximum Gasteiger partial charge on any atom is 0.242 e. The molecule has 0 saturated carbocycles. The zero-order valence-electron chi connectivity index (χ0n) is 14.1. The van der Waals surface area contributed by atoms with E-state index in [2.05, 4.69) is 26.1 Å². The summed E-state index contributed by atoms with van der Waals surface area (Å²) in [6, 6.07) is 13.8. The highest BCUT2D eigenvalue weighted by Gasteiger charge is 2.36. The quantitative estimate of drug-likeness (QED) is 0.500. The Morgan fingerprint density at radius 3 is 2.54 bits per heavy atom. The van der Waals surface area contributed by atoms with Gasteiger partial charge in [-0.05, 0) is 41.8 Å². The van der Waals surface area contributed by atoms with E-state index in [1.165, 1.54) is 23.9 Å². The van der Waals surface area contributed by atoms with Crippen LogP contribution in [0.25, 0.3) is 0 Å². The first-order valence-corrected chi connectivity index (χ1v) is 9.83. The summed E-state index contributed by atoms with van der Waals surface area (Å²) in [7, 11) is 0. The topological polar surface area (TPSA) is 45.0 Å². The molecule has 1 unspecified atom stereocenters. The Labute approximate surface area is 164 Å². The molecule has 0 radical (unpaired) electrons. The molecule has 1 saturated heterocycles. The van der Waals surface area contributed by atoms with Crippen LogP contribution in [0.15, 0.2) is 63.2 Å². The Morgan fingerprint density at radius 1 is 1.19 bits per heavy atom. The van der Waals surface area contributed by atoms with Gasteiger partial charge in [-0.1, -0.05) is 58.9 Å². The van der Waals surface area contributed by atoms with Crippen LogP contribution in [0.4, 0.5) is 4.39 Å². The van der Waals surface area contributed by atoms with Crippen molar-refractivity contribution in [2.24, 2.45) is 10.2 Å². The number of amides is 1. The Bertz CT molecular complexity index is 837. The first-order valence-electron chi connectivity index (χ1n) is 8.16. The van der Waals surface area contributed by atoms with Crippen molar-refractivity contribution in [3.8, 4) is 0 Å². The van der Waals surface area contributed by atoms with E-state index >= 15 is 0 Å². The van der Waals surface area contributed by atoms with Crippen molar-refractivity contribution in [2.45, 2.75) is 25.1 Å². The third-order valence-corrected chi connectivity index (χ3v) is 5.73. The molecule has 0 aliphatic carbocycles. The molecule has 1 aliphatic rings. The lowest BCUT2D eigenvalue weighted by Crippen LogP contribution is -2.31. The van der Waals surface area contributed by atoms with Gasteiger partial charge in [-0.25, -0.2) is 4.39 Å². The molecular formula is C19H17BrFN3OS. The van der Waals surface area contributed by atoms with Crippen LogP contribution in [0.5, 0.6) is 0 Å². The SMILES string of the molecule is CCC1S/C(=N/N=C/c2ccc(Br)cc2)N(Cc2ccc(F)cc2)C1=O. The number of hydrogen-bond donors (Lipinski definition) is 0. The number of thioether (sulfide) groups is 1. The zero-order valence-corrected chi connectivity index (χ0v) is 16.5. The normalized spacial score (nSPS) is 19.0. The Morgan fingerprint density at radius 2 is 1.88 bits per heavy atom. The number of halogens is 2. The first-order chi connectivity index (χ1) is 12.6. The minimum atomic E-state index is -0.296.